The molecule has 1 fully saturated rings. The monoisotopic (exact) mass is 505 g/mol. The number of carbonyl (C=O) groups is 3. The smallest absolute Gasteiger partial charge is 0.261 e. The average Bonchev–Trinajstić information content (AvgIpc) is 3.61. The molecule has 0 aliphatic carbocycles. The van der Waals surface area contributed by atoms with Gasteiger partial charge in [-0.25, -0.2) is 4.52 Å². The molecule has 5 N–H and O–H groups in total. The molecule has 12 heteroatoms. The molecule has 1 saturated heterocycles. The third kappa shape index (κ3) is 4.84. The highest BCUT2D eigenvalue weighted by Crippen LogP contribution is 2.28. The van der Waals surface area contributed by atoms with Crippen molar-refractivity contribution in [3.63, 3.8) is 0 Å². The molecular weight excluding hydrogens is 482 g/mol. The van der Waals surface area contributed by atoms with Crippen LogP contribution in [0.3, 0.4) is 0 Å². The Morgan fingerprint density at radius 2 is 2.11 bits per heavy atom. The van der Waals surface area contributed by atoms with Crippen molar-refractivity contribution in [2.24, 2.45) is 0 Å². The number of amides is 3. The van der Waals surface area contributed by atoms with Crippen molar-refractivity contribution >= 4 is 40.7 Å². The van der Waals surface area contributed by atoms with Crippen LogP contribution in [0.25, 0.3) is 16.8 Å². The molecule has 3 amide bonds. The van der Waals surface area contributed by atoms with Gasteiger partial charge in [-0.05, 0) is 40.8 Å². The highest BCUT2D eigenvalue weighted by molar-refractivity contribution is 7.12. The zero-order chi connectivity index (χ0) is 25.2. The summed E-state index contributed by atoms with van der Waals surface area (Å²) in [7, 11) is 1.60. The Hall–Kier alpha value is -4.45. The first-order valence-electron chi connectivity index (χ1n) is 11.1. The quantitative estimate of drug-likeness (QED) is 0.298. The van der Waals surface area contributed by atoms with Crippen LogP contribution in [0.1, 0.15) is 32.0 Å². The van der Waals surface area contributed by atoms with Gasteiger partial charge in [0.15, 0.2) is 5.65 Å². The minimum Gasteiger partial charge on any atom is -0.497 e. The third-order valence-corrected chi connectivity index (χ3v) is 6.68. The zero-order valence-electron chi connectivity index (χ0n) is 19.3. The first kappa shape index (κ1) is 23.3. The van der Waals surface area contributed by atoms with Crippen LogP contribution in [0, 0.1) is 0 Å². The van der Waals surface area contributed by atoms with Gasteiger partial charge in [0.25, 0.3) is 11.8 Å². The van der Waals surface area contributed by atoms with Crippen molar-refractivity contribution in [1.82, 2.24) is 30.5 Å². The summed E-state index contributed by atoms with van der Waals surface area (Å²) < 4.78 is 6.66. The lowest BCUT2D eigenvalue weighted by atomic mass is 10.1. The number of aromatic nitrogens is 3. The number of fused-ring (bicyclic) bond motifs is 1. The van der Waals surface area contributed by atoms with E-state index in [0.29, 0.717) is 29.2 Å². The zero-order valence-corrected chi connectivity index (χ0v) is 20.1. The van der Waals surface area contributed by atoms with Gasteiger partial charge in [-0.3, -0.25) is 14.4 Å². The molecule has 3 aromatic heterocycles. The molecule has 5 rings (SSSR count). The van der Waals surface area contributed by atoms with E-state index in [0.717, 1.165) is 16.9 Å². The lowest BCUT2D eigenvalue weighted by Crippen LogP contribution is -2.36. The first-order chi connectivity index (χ1) is 17.4. The Bertz CT molecular complexity index is 1480. The topological polar surface area (TPSA) is 153 Å². The number of benzene rings is 1. The van der Waals surface area contributed by atoms with Gasteiger partial charge in [-0.2, -0.15) is 4.98 Å². The van der Waals surface area contributed by atoms with E-state index >= 15 is 0 Å². The van der Waals surface area contributed by atoms with Crippen molar-refractivity contribution in [1.29, 1.82) is 0 Å². The van der Waals surface area contributed by atoms with E-state index in [2.05, 4.69) is 26.0 Å². The van der Waals surface area contributed by atoms with E-state index in [-0.39, 0.29) is 41.7 Å². The molecule has 4 heterocycles. The number of anilines is 1. The summed E-state index contributed by atoms with van der Waals surface area (Å²) in [4.78, 5) is 42.0. The molecular formula is C24H23N7O4S. The number of nitrogen functional groups attached to an aromatic ring is 1. The summed E-state index contributed by atoms with van der Waals surface area (Å²) in [5, 5.41) is 14.5. The Morgan fingerprint density at radius 1 is 1.25 bits per heavy atom. The molecule has 0 radical (unpaired) electrons. The second-order valence-electron chi connectivity index (χ2n) is 8.29. The number of nitrogens with one attached hydrogen (secondary N) is 3. The fourth-order valence-electron chi connectivity index (χ4n) is 3.96. The van der Waals surface area contributed by atoms with E-state index < -0.39 is 0 Å². The van der Waals surface area contributed by atoms with Gasteiger partial charge in [-0.15, -0.1) is 16.4 Å². The number of pyridine rings is 1. The summed E-state index contributed by atoms with van der Waals surface area (Å²) in [5.41, 5.74) is 8.69. The Labute approximate surface area is 209 Å². The predicted molar refractivity (Wildman–Crippen MR) is 134 cm³/mol. The highest BCUT2D eigenvalue weighted by Gasteiger charge is 2.25. The number of hydrogen-bond donors (Lipinski definition) is 4. The number of thiophene rings is 1. The highest BCUT2D eigenvalue weighted by atomic mass is 32.1. The number of carbonyl (C=O) groups excluding carboxylic acids is 3. The Morgan fingerprint density at radius 3 is 2.89 bits per heavy atom. The molecule has 1 atom stereocenters. The summed E-state index contributed by atoms with van der Waals surface area (Å²) >= 11 is 1.29. The van der Waals surface area contributed by atoms with Crippen molar-refractivity contribution in [2.45, 2.75) is 19.0 Å². The SMILES string of the molecule is COc1cccc(CNC(=O)c2cc(-c3cc(C(=O)NC4CNC(=O)C4)c4nc(N)nn4c3)cs2)c1. The van der Waals surface area contributed by atoms with E-state index in [1.807, 2.05) is 29.6 Å². The Balaban J connectivity index is 1.37. The maximum Gasteiger partial charge on any atom is 0.261 e. The number of hydrogen-bond acceptors (Lipinski definition) is 8. The fourth-order valence-corrected chi connectivity index (χ4v) is 4.79. The van der Waals surface area contributed by atoms with Crippen LogP contribution in [-0.4, -0.2) is 52.0 Å². The van der Waals surface area contributed by atoms with Crippen LogP contribution in [0.5, 0.6) is 5.75 Å². The standard InChI is InChI=1S/C24H23N7O4S/c1-35-17-4-2-3-13(5-17)9-27-23(34)19-7-15(12-36-19)14-6-18(21-29-24(25)30-31(21)11-14)22(33)28-16-8-20(32)26-10-16/h2-7,11-12,16H,8-10H2,1H3,(H2,25,30)(H,26,32)(H,27,34)(H,28,33). The van der Waals surface area contributed by atoms with Crippen molar-refractivity contribution in [3.8, 4) is 16.9 Å². The molecule has 0 saturated carbocycles. The number of nitrogens with two attached hydrogens (primary N) is 1. The lowest BCUT2D eigenvalue weighted by molar-refractivity contribution is -0.119. The maximum absolute atomic E-state index is 13.1. The molecule has 1 aromatic carbocycles. The molecule has 1 unspecified atom stereocenters. The van der Waals surface area contributed by atoms with Gasteiger partial charge in [0, 0.05) is 31.3 Å². The Kier molecular flexibility index (Phi) is 6.25. The molecule has 11 nitrogen and oxygen atoms in total. The fraction of sp³-hybridized carbons (Fsp3) is 0.208. The lowest BCUT2D eigenvalue weighted by Gasteiger charge is -2.11. The van der Waals surface area contributed by atoms with Crippen LogP contribution < -0.4 is 26.4 Å². The van der Waals surface area contributed by atoms with Gasteiger partial charge >= 0.3 is 0 Å². The van der Waals surface area contributed by atoms with E-state index in [1.54, 1.807) is 25.4 Å². The molecule has 0 bridgehead atoms. The molecule has 1 aliphatic rings. The van der Waals surface area contributed by atoms with Gasteiger partial charge in [0.1, 0.15) is 5.75 Å². The normalized spacial score (nSPS) is 15.0. The van der Waals surface area contributed by atoms with E-state index in [9.17, 15) is 14.4 Å². The first-order valence-corrected chi connectivity index (χ1v) is 12.0. The number of rotatable bonds is 7. The summed E-state index contributed by atoms with van der Waals surface area (Å²) in [5.74, 6) is 0.0434. The number of nitrogens with zero attached hydrogens (tertiary/aromatic N) is 3. The van der Waals surface area contributed by atoms with Gasteiger partial charge in [0.05, 0.1) is 23.6 Å². The second kappa shape index (κ2) is 9.66. The van der Waals surface area contributed by atoms with Crippen LogP contribution in [0.15, 0.2) is 48.0 Å². The molecule has 36 heavy (non-hydrogen) atoms. The maximum atomic E-state index is 13.1. The van der Waals surface area contributed by atoms with Crippen molar-refractivity contribution < 1.29 is 19.1 Å². The van der Waals surface area contributed by atoms with Gasteiger partial charge in [-0.1, -0.05) is 12.1 Å². The average molecular weight is 506 g/mol. The largest absolute Gasteiger partial charge is 0.497 e. The summed E-state index contributed by atoms with van der Waals surface area (Å²) in [6.45, 7) is 0.727. The van der Waals surface area contributed by atoms with Crippen molar-refractivity contribution in [3.05, 3.63) is 64.0 Å². The van der Waals surface area contributed by atoms with Crippen LogP contribution in [0.2, 0.25) is 0 Å². The van der Waals surface area contributed by atoms with Gasteiger partial charge < -0.3 is 26.4 Å². The molecule has 1 aliphatic heterocycles. The minimum absolute atomic E-state index is 0.0295. The molecule has 184 valence electrons. The van der Waals surface area contributed by atoms with Crippen LogP contribution in [0.4, 0.5) is 5.95 Å². The third-order valence-electron chi connectivity index (χ3n) is 5.75. The van der Waals surface area contributed by atoms with E-state index in [4.69, 9.17) is 10.5 Å². The number of methoxy groups -OCH3 is 1. The van der Waals surface area contributed by atoms with Gasteiger partial charge in [0.2, 0.25) is 11.9 Å². The second-order valence-corrected chi connectivity index (χ2v) is 9.20. The van der Waals surface area contributed by atoms with Crippen LogP contribution >= 0.6 is 11.3 Å². The number of ether oxygens (including phenoxy) is 1. The van der Waals surface area contributed by atoms with Crippen molar-refractivity contribution in [2.75, 3.05) is 19.4 Å². The van der Waals surface area contributed by atoms with Crippen LogP contribution in [-0.2, 0) is 11.3 Å². The minimum atomic E-state index is -0.387. The summed E-state index contributed by atoms with van der Waals surface area (Å²) in [6, 6.07) is 10.6. The molecule has 0 spiro atoms. The summed E-state index contributed by atoms with van der Waals surface area (Å²) in [6.07, 6.45) is 1.92. The predicted octanol–water partition coefficient (Wildman–Crippen LogP) is 1.60. The molecule has 4 aromatic rings. The van der Waals surface area contributed by atoms with E-state index in [1.165, 1.54) is 15.9 Å².